The number of carbonyl (C=O) groups is 1. The number of hydrogen-bond donors (Lipinski definition) is 0. The lowest BCUT2D eigenvalue weighted by Gasteiger charge is -2.27. The van der Waals surface area contributed by atoms with Crippen LogP contribution in [0.15, 0.2) is 18.2 Å². The maximum Gasteiger partial charge on any atom is 0.338 e. The van der Waals surface area contributed by atoms with Crippen molar-refractivity contribution < 1.29 is 9.53 Å². The highest BCUT2D eigenvalue weighted by atomic mass is 16.5. The van der Waals surface area contributed by atoms with Crippen LogP contribution in [0.4, 0.5) is 0 Å². The molecule has 1 aromatic carbocycles. The molecule has 3 nitrogen and oxygen atoms in total. The van der Waals surface area contributed by atoms with E-state index in [2.05, 4.69) is 52.5 Å². The number of piperidine rings is 1. The zero-order valence-electron chi connectivity index (χ0n) is 16.9. The predicted octanol–water partition coefficient (Wildman–Crippen LogP) is 4.92. The molecular weight excluding hydrogens is 310 g/mol. The Morgan fingerprint density at radius 2 is 1.44 bits per heavy atom. The summed E-state index contributed by atoms with van der Waals surface area (Å²) in [7, 11) is 0. The number of nitrogens with zero attached hydrogens (tertiary/aromatic N) is 1. The first kappa shape index (κ1) is 20.0. The Kier molecular flexibility index (Phi) is 6.31. The Balaban J connectivity index is 2.09. The molecule has 1 aromatic rings. The fourth-order valence-electron chi connectivity index (χ4n) is 3.15. The number of rotatable bonds is 4. The highest BCUT2D eigenvalue weighted by molar-refractivity contribution is 5.90. The third-order valence-corrected chi connectivity index (χ3v) is 4.99. The first-order chi connectivity index (χ1) is 11.6. The Hall–Kier alpha value is -1.35. The van der Waals surface area contributed by atoms with Gasteiger partial charge in [0.1, 0.15) is 6.61 Å². The molecule has 0 aromatic heterocycles. The van der Waals surface area contributed by atoms with Gasteiger partial charge in [0.05, 0.1) is 5.56 Å². The first-order valence-electron chi connectivity index (χ1n) is 9.63. The number of carbonyl (C=O) groups excluding carboxylic acids is 1. The zero-order chi connectivity index (χ0) is 18.7. The molecule has 140 valence electrons. The topological polar surface area (TPSA) is 29.5 Å². The van der Waals surface area contributed by atoms with Crippen molar-refractivity contribution in [3.05, 3.63) is 34.9 Å². The number of benzene rings is 1. The second kappa shape index (κ2) is 7.90. The fourth-order valence-corrected chi connectivity index (χ4v) is 3.15. The molecule has 0 atom stereocenters. The average Bonchev–Trinajstić information content (AvgIpc) is 2.53. The minimum absolute atomic E-state index is 0.00406. The number of ether oxygens (including phenoxy) is 1. The van der Waals surface area contributed by atoms with Crippen LogP contribution in [0.3, 0.4) is 0 Å². The second-order valence-electron chi connectivity index (χ2n) is 9.34. The fraction of sp³-hybridized carbons (Fsp3) is 0.682. The van der Waals surface area contributed by atoms with E-state index in [0.29, 0.717) is 12.2 Å². The van der Waals surface area contributed by atoms with Crippen molar-refractivity contribution in [1.29, 1.82) is 0 Å². The Labute approximate surface area is 153 Å². The van der Waals surface area contributed by atoms with E-state index in [1.54, 1.807) is 0 Å². The standard InChI is InChI=1S/C22H35NO2/c1-21(2,3)18-14-17(15-19(16-18)22(4,5)6)20(24)25-13-12-23-10-8-7-9-11-23/h14-16H,7-13H2,1-6H3. The summed E-state index contributed by atoms with van der Waals surface area (Å²) in [6.45, 7) is 16.7. The van der Waals surface area contributed by atoms with Gasteiger partial charge in [-0.3, -0.25) is 4.90 Å². The van der Waals surface area contributed by atoms with Crippen LogP contribution in [-0.2, 0) is 15.6 Å². The molecule has 0 radical (unpaired) electrons. The van der Waals surface area contributed by atoms with E-state index in [1.165, 1.54) is 30.4 Å². The van der Waals surface area contributed by atoms with E-state index < -0.39 is 0 Å². The molecule has 3 heteroatoms. The van der Waals surface area contributed by atoms with Gasteiger partial charge in [0.15, 0.2) is 0 Å². The lowest BCUT2D eigenvalue weighted by molar-refractivity contribution is 0.0451. The van der Waals surface area contributed by atoms with Gasteiger partial charge in [-0.05, 0) is 60.0 Å². The van der Waals surface area contributed by atoms with Crippen LogP contribution in [0.1, 0.15) is 82.3 Å². The van der Waals surface area contributed by atoms with Crippen LogP contribution in [-0.4, -0.2) is 37.1 Å². The normalized spacial score (nSPS) is 16.7. The summed E-state index contributed by atoms with van der Waals surface area (Å²) < 4.78 is 5.59. The molecule has 0 N–H and O–H groups in total. The maximum atomic E-state index is 12.6. The lowest BCUT2D eigenvalue weighted by Crippen LogP contribution is -2.33. The number of hydrogen-bond acceptors (Lipinski definition) is 3. The van der Waals surface area contributed by atoms with E-state index in [4.69, 9.17) is 4.74 Å². The largest absolute Gasteiger partial charge is 0.461 e. The number of esters is 1. The van der Waals surface area contributed by atoms with Crippen molar-refractivity contribution in [2.24, 2.45) is 0 Å². The molecule has 0 unspecified atom stereocenters. The summed E-state index contributed by atoms with van der Waals surface area (Å²) in [5.41, 5.74) is 3.05. The van der Waals surface area contributed by atoms with E-state index in [-0.39, 0.29) is 16.8 Å². The van der Waals surface area contributed by atoms with Gasteiger partial charge in [0, 0.05) is 6.54 Å². The van der Waals surface area contributed by atoms with Crippen LogP contribution in [0, 0.1) is 0 Å². The molecule has 2 rings (SSSR count). The van der Waals surface area contributed by atoms with Gasteiger partial charge in [0.2, 0.25) is 0 Å². The number of likely N-dealkylation sites (tertiary alicyclic amines) is 1. The molecular formula is C22H35NO2. The average molecular weight is 346 g/mol. The monoisotopic (exact) mass is 345 g/mol. The third kappa shape index (κ3) is 5.85. The van der Waals surface area contributed by atoms with Crippen LogP contribution in [0.5, 0.6) is 0 Å². The summed E-state index contributed by atoms with van der Waals surface area (Å²) in [5, 5.41) is 0. The summed E-state index contributed by atoms with van der Waals surface area (Å²) in [6, 6.07) is 6.22. The van der Waals surface area contributed by atoms with Gasteiger partial charge in [-0.2, -0.15) is 0 Å². The van der Waals surface area contributed by atoms with Crippen molar-refractivity contribution in [1.82, 2.24) is 4.90 Å². The summed E-state index contributed by atoms with van der Waals surface area (Å²) in [6.07, 6.45) is 3.85. The Bertz CT molecular complexity index is 555. The predicted molar refractivity (Wildman–Crippen MR) is 104 cm³/mol. The highest BCUT2D eigenvalue weighted by Crippen LogP contribution is 2.30. The van der Waals surface area contributed by atoms with Crippen LogP contribution < -0.4 is 0 Å². The molecule has 0 aliphatic carbocycles. The lowest BCUT2D eigenvalue weighted by atomic mass is 9.79. The zero-order valence-corrected chi connectivity index (χ0v) is 16.9. The van der Waals surface area contributed by atoms with Crippen molar-refractivity contribution in [2.75, 3.05) is 26.2 Å². The van der Waals surface area contributed by atoms with Crippen LogP contribution in [0.25, 0.3) is 0 Å². The summed E-state index contributed by atoms with van der Waals surface area (Å²) >= 11 is 0. The van der Waals surface area contributed by atoms with Crippen molar-refractivity contribution in [3.63, 3.8) is 0 Å². The first-order valence-corrected chi connectivity index (χ1v) is 9.63. The molecule has 1 aliphatic heterocycles. The summed E-state index contributed by atoms with van der Waals surface area (Å²) in [5.74, 6) is -0.200. The van der Waals surface area contributed by atoms with Crippen LogP contribution in [0.2, 0.25) is 0 Å². The van der Waals surface area contributed by atoms with Gasteiger partial charge < -0.3 is 4.74 Å². The Morgan fingerprint density at radius 3 is 1.92 bits per heavy atom. The molecule has 0 saturated carbocycles. The van der Waals surface area contributed by atoms with Crippen molar-refractivity contribution in [3.8, 4) is 0 Å². The van der Waals surface area contributed by atoms with E-state index >= 15 is 0 Å². The van der Waals surface area contributed by atoms with Gasteiger partial charge in [-0.25, -0.2) is 4.79 Å². The molecule has 0 amide bonds. The van der Waals surface area contributed by atoms with E-state index in [9.17, 15) is 4.79 Å². The minimum Gasteiger partial charge on any atom is -0.461 e. The van der Waals surface area contributed by atoms with Crippen molar-refractivity contribution >= 4 is 5.97 Å². The maximum absolute atomic E-state index is 12.6. The van der Waals surface area contributed by atoms with Gasteiger partial charge in [-0.1, -0.05) is 54.0 Å². The minimum atomic E-state index is -0.200. The molecule has 25 heavy (non-hydrogen) atoms. The third-order valence-electron chi connectivity index (χ3n) is 4.99. The molecule has 0 bridgehead atoms. The van der Waals surface area contributed by atoms with Crippen LogP contribution >= 0.6 is 0 Å². The van der Waals surface area contributed by atoms with E-state index in [1.807, 2.05) is 12.1 Å². The highest BCUT2D eigenvalue weighted by Gasteiger charge is 2.22. The molecule has 1 saturated heterocycles. The molecule has 0 spiro atoms. The van der Waals surface area contributed by atoms with Gasteiger partial charge in [0.25, 0.3) is 0 Å². The quantitative estimate of drug-likeness (QED) is 0.725. The van der Waals surface area contributed by atoms with E-state index in [0.717, 1.165) is 19.6 Å². The second-order valence-corrected chi connectivity index (χ2v) is 9.34. The Morgan fingerprint density at radius 1 is 0.920 bits per heavy atom. The molecule has 1 fully saturated rings. The van der Waals surface area contributed by atoms with Gasteiger partial charge >= 0.3 is 5.97 Å². The van der Waals surface area contributed by atoms with Gasteiger partial charge in [-0.15, -0.1) is 0 Å². The molecule has 1 heterocycles. The smallest absolute Gasteiger partial charge is 0.338 e. The van der Waals surface area contributed by atoms with Crippen molar-refractivity contribution in [2.45, 2.75) is 71.6 Å². The summed E-state index contributed by atoms with van der Waals surface area (Å²) in [4.78, 5) is 15.0. The molecule has 1 aliphatic rings. The SMILES string of the molecule is CC(C)(C)c1cc(C(=O)OCCN2CCCCC2)cc(C(C)(C)C)c1.